The molecule has 1 atom stereocenters. The van der Waals surface area contributed by atoms with E-state index in [0.29, 0.717) is 23.2 Å². The van der Waals surface area contributed by atoms with Crippen LogP contribution < -0.4 is 14.8 Å². The van der Waals surface area contributed by atoms with E-state index in [1.165, 1.54) is 0 Å². The zero-order valence-electron chi connectivity index (χ0n) is 15.5. The summed E-state index contributed by atoms with van der Waals surface area (Å²) in [5, 5.41) is 3.96. The van der Waals surface area contributed by atoms with Crippen molar-refractivity contribution in [3.05, 3.63) is 35.0 Å². The molecule has 1 aromatic carbocycles. The first kappa shape index (κ1) is 19.2. The van der Waals surface area contributed by atoms with E-state index in [1.807, 2.05) is 36.9 Å². The highest BCUT2D eigenvalue weighted by molar-refractivity contribution is 7.80. The fourth-order valence-corrected chi connectivity index (χ4v) is 3.47. The summed E-state index contributed by atoms with van der Waals surface area (Å²) in [5.41, 5.74) is 2.57. The molecule has 0 fully saturated rings. The SMILES string of the molecule is CCCN1C(=S)NC(c2ccc(OC)c(OCC)c2)C(C(C)=O)=C1C. The molecule has 1 aliphatic rings. The van der Waals surface area contributed by atoms with Crippen LogP contribution in [0.3, 0.4) is 0 Å². The molecule has 0 aromatic heterocycles. The van der Waals surface area contributed by atoms with Gasteiger partial charge >= 0.3 is 0 Å². The first-order valence-corrected chi connectivity index (χ1v) is 8.95. The monoisotopic (exact) mass is 362 g/mol. The molecule has 2 rings (SSSR count). The summed E-state index contributed by atoms with van der Waals surface area (Å²) in [6.45, 7) is 8.89. The van der Waals surface area contributed by atoms with E-state index in [0.717, 1.165) is 29.8 Å². The van der Waals surface area contributed by atoms with Crippen molar-refractivity contribution < 1.29 is 14.3 Å². The van der Waals surface area contributed by atoms with Crippen LogP contribution in [0.4, 0.5) is 0 Å². The maximum atomic E-state index is 12.4. The van der Waals surface area contributed by atoms with Crippen molar-refractivity contribution in [1.82, 2.24) is 10.2 Å². The maximum absolute atomic E-state index is 12.4. The minimum absolute atomic E-state index is 0.0346. The predicted molar refractivity (Wildman–Crippen MR) is 103 cm³/mol. The van der Waals surface area contributed by atoms with Crippen molar-refractivity contribution in [2.75, 3.05) is 20.3 Å². The fourth-order valence-electron chi connectivity index (χ4n) is 3.12. The molecule has 1 N–H and O–H groups in total. The molecule has 0 amide bonds. The van der Waals surface area contributed by atoms with Gasteiger partial charge in [-0.3, -0.25) is 4.79 Å². The van der Waals surface area contributed by atoms with Gasteiger partial charge in [-0.05, 0) is 57.1 Å². The van der Waals surface area contributed by atoms with E-state index in [1.54, 1.807) is 14.0 Å². The molecular weight excluding hydrogens is 336 g/mol. The Morgan fingerprint density at radius 2 is 2.04 bits per heavy atom. The molecule has 0 saturated heterocycles. The second kappa shape index (κ2) is 8.34. The smallest absolute Gasteiger partial charge is 0.173 e. The number of rotatable bonds is 7. The second-order valence-electron chi connectivity index (χ2n) is 5.93. The minimum Gasteiger partial charge on any atom is -0.493 e. The van der Waals surface area contributed by atoms with Crippen molar-refractivity contribution in [1.29, 1.82) is 0 Å². The van der Waals surface area contributed by atoms with Gasteiger partial charge < -0.3 is 19.7 Å². The zero-order chi connectivity index (χ0) is 18.6. The Bertz CT molecular complexity index is 700. The van der Waals surface area contributed by atoms with Crippen LogP contribution in [-0.4, -0.2) is 36.1 Å². The third kappa shape index (κ3) is 3.95. The van der Waals surface area contributed by atoms with Gasteiger partial charge in [0.15, 0.2) is 22.4 Å². The molecule has 0 bridgehead atoms. The first-order chi connectivity index (χ1) is 11.9. The summed E-state index contributed by atoms with van der Waals surface area (Å²) in [4.78, 5) is 14.4. The average molecular weight is 362 g/mol. The van der Waals surface area contributed by atoms with Crippen molar-refractivity contribution in [3.8, 4) is 11.5 Å². The largest absolute Gasteiger partial charge is 0.493 e. The lowest BCUT2D eigenvalue weighted by Gasteiger charge is -2.37. The quantitative estimate of drug-likeness (QED) is 0.748. The summed E-state index contributed by atoms with van der Waals surface area (Å²) in [6.07, 6.45) is 0.950. The van der Waals surface area contributed by atoms with Crippen LogP contribution >= 0.6 is 12.2 Å². The Kier molecular flexibility index (Phi) is 6.42. The van der Waals surface area contributed by atoms with Crippen LogP contribution in [0.15, 0.2) is 29.5 Å². The van der Waals surface area contributed by atoms with Crippen molar-refractivity contribution in [3.63, 3.8) is 0 Å². The van der Waals surface area contributed by atoms with Gasteiger partial charge in [0.25, 0.3) is 0 Å². The number of ether oxygens (including phenoxy) is 2. The lowest BCUT2D eigenvalue weighted by molar-refractivity contribution is -0.114. The Morgan fingerprint density at radius 1 is 1.32 bits per heavy atom. The molecule has 6 heteroatoms. The lowest BCUT2D eigenvalue weighted by Crippen LogP contribution is -2.47. The lowest BCUT2D eigenvalue weighted by atomic mass is 9.92. The van der Waals surface area contributed by atoms with Crippen LogP contribution in [0.25, 0.3) is 0 Å². The standard InChI is InChI=1S/C19H26N2O3S/c1-6-10-21-12(3)17(13(4)22)18(20-19(21)25)14-8-9-15(23-5)16(11-14)24-7-2/h8-9,11,18H,6-7,10H2,1-5H3,(H,20,25). The van der Waals surface area contributed by atoms with E-state index in [4.69, 9.17) is 21.7 Å². The number of carbonyl (C=O) groups is 1. The van der Waals surface area contributed by atoms with Crippen LogP contribution in [0, 0.1) is 0 Å². The number of hydrogen-bond donors (Lipinski definition) is 1. The molecule has 0 radical (unpaired) electrons. The summed E-state index contributed by atoms with van der Waals surface area (Å²) in [5.74, 6) is 1.36. The van der Waals surface area contributed by atoms with E-state index < -0.39 is 0 Å². The Hall–Kier alpha value is -2.08. The number of nitrogens with one attached hydrogen (secondary N) is 1. The Labute approximate surface area is 155 Å². The molecule has 25 heavy (non-hydrogen) atoms. The summed E-state index contributed by atoms with van der Waals surface area (Å²) in [6, 6.07) is 5.42. The van der Waals surface area contributed by atoms with E-state index >= 15 is 0 Å². The highest BCUT2D eigenvalue weighted by atomic mass is 32.1. The third-order valence-electron chi connectivity index (χ3n) is 4.24. The third-order valence-corrected chi connectivity index (χ3v) is 4.58. The van der Waals surface area contributed by atoms with Crippen LogP contribution in [-0.2, 0) is 4.79 Å². The molecule has 0 aliphatic carbocycles. The molecule has 1 aliphatic heterocycles. The number of Topliss-reactive ketones (excluding diaryl/α,β-unsaturated/α-hetero) is 1. The van der Waals surface area contributed by atoms with Gasteiger partial charge in [-0.15, -0.1) is 0 Å². The van der Waals surface area contributed by atoms with E-state index in [-0.39, 0.29) is 11.8 Å². The normalized spacial score (nSPS) is 17.4. The first-order valence-electron chi connectivity index (χ1n) is 8.55. The number of nitrogens with zero attached hydrogens (tertiary/aromatic N) is 1. The minimum atomic E-state index is -0.289. The Balaban J connectivity index is 2.51. The molecule has 1 aromatic rings. The molecule has 5 nitrogen and oxygen atoms in total. The zero-order valence-corrected chi connectivity index (χ0v) is 16.3. The van der Waals surface area contributed by atoms with Gasteiger partial charge in [-0.25, -0.2) is 0 Å². The molecular formula is C19H26N2O3S. The highest BCUT2D eigenvalue weighted by Crippen LogP contribution is 2.36. The molecule has 1 unspecified atom stereocenters. The summed E-state index contributed by atoms with van der Waals surface area (Å²) < 4.78 is 11.0. The number of ketones is 1. The molecule has 136 valence electrons. The van der Waals surface area contributed by atoms with Gasteiger partial charge in [0, 0.05) is 17.8 Å². The predicted octanol–water partition coefficient (Wildman–Crippen LogP) is 3.60. The molecule has 1 heterocycles. The van der Waals surface area contributed by atoms with Crippen LogP contribution in [0.2, 0.25) is 0 Å². The maximum Gasteiger partial charge on any atom is 0.173 e. The number of thiocarbonyl (C=S) groups is 1. The van der Waals surface area contributed by atoms with Crippen molar-refractivity contribution >= 4 is 23.1 Å². The molecule has 0 saturated carbocycles. The molecule has 0 spiro atoms. The van der Waals surface area contributed by atoms with Crippen molar-refractivity contribution in [2.24, 2.45) is 0 Å². The highest BCUT2D eigenvalue weighted by Gasteiger charge is 2.32. The van der Waals surface area contributed by atoms with Crippen LogP contribution in [0.5, 0.6) is 11.5 Å². The fraction of sp³-hybridized carbons (Fsp3) is 0.474. The number of benzene rings is 1. The van der Waals surface area contributed by atoms with E-state index in [9.17, 15) is 4.79 Å². The average Bonchev–Trinajstić information content (AvgIpc) is 2.58. The number of allylic oxidation sites excluding steroid dienone is 1. The van der Waals surface area contributed by atoms with Crippen LogP contribution in [0.1, 0.15) is 45.7 Å². The summed E-state index contributed by atoms with van der Waals surface area (Å²) in [7, 11) is 1.61. The van der Waals surface area contributed by atoms with Gasteiger partial charge in [-0.2, -0.15) is 0 Å². The number of carbonyl (C=O) groups excluding carboxylic acids is 1. The number of methoxy groups -OCH3 is 1. The van der Waals surface area contributed by atoms with Gasteiger partial charge in [0.05, 0.1) is 19.8 Å². The second-order valence-corrected chi connectivity index (χ2v) is 6.32. The number of hydrogen-bond acceptors (Lipinski definition) is 4. The van der Waals surface area contributed by atoms with E-state index in [2.05, 4.69) is 12.2 Å². The Morgan fingerprint density at radius 3 is 2.60 bits per heavy atom. The van der Waals surface area contributed by atoms with Gasteiger partial charge in [-0.1, -0.05) is 13.0 Å². The topological polar surface area (TPSA) is 50.8 Å². The van der Waals surface area contributed by atoms with Crippen molar-refractivity contribution in [2.45, 2.75) is 40.2 Å². The van der Waals surface area contributed by atoms with Gasteiger partial charge in [0.2, 0.25) is 0 Å². The summed E-state index contributed by atoms with van der Waals surface area (Å²) >= 11 is 5.53. The van der Waals surface area contributed by atoms with Gasteiger partial charge in [0.1, 0.15) is 0 Å².